The fourth-order valence-corrected chi connectivity index (χ4v) is 4.11. The predicted octanol–water partition coefficient (Wildman–Crippen LogP) is 7.15. The van der Waals surface area contributed by atoms with E-state index in [-0.39, 0.29) is 16.9 Å². The lowest BCUT2D eigenvalue weighted by Crippen LogP contribution is -2.21. The van der Waals surface area contributed by atoms with E-state index in [9.17, 15) is 22.8 Å². The molecule has 0 aliphatic heterocycles. The molecule has 198 valence electrons. The third kappa shape index (κ3) is 5.49. The molecule has 4 aromatic carbocycles. The van der Waals surface area contributed by atoms with Gasteiger partial charge in [0.15, 0.2) is 6.61 Å². The van der Waals surface area contributed by atoms with Gasteiger partial charge in [-0.3, -0.25) is 4.79 Å². The number of methoxy groups -OCH3 is 1. The number of anilines is 3. The van der Waals surface area contributed by atoms with Crippen LogP contribution in [0.5, 0.6) is 5.75 Å². The molecule has 0 radical (unpaired) electrons. The number of esters is 1. The Balaban J connectivity index is 1.28. The maximum absolute atomic E-state index is 13.1. The molecule has 2 N–H and O–H groups in total. The molecule has 10 heteroatoms. The quantitative estimate of drug-likeness (QED) is 0.216. The van der Waals surface area contributed by atoms with Gasteiger partial charge in [0.05, 0.1) is 29.6 Å². The highest BCUT2D eigenvalue weighted by Gasteiger charge is 2.30. The van der Waals surface area contributed by atoms with E-state index < -0.39 is 30.2 Å². The molecule has 0 aliphatic carbocycles. The second-order valence-corrected chi connectivity index (χ2v) is 8.52. The summed E-state index contributed by atoms with van der Waals surface area (Å²) in [6.07, 6.45) is -4.51. The van der Waals surface area contributed by atoms with Crippen LogP contribution in [0, 0.1) is 0 Å². The molecule has 0 unspecified atom stereocenters. The molecular formula is C29H21F3N2O5. The van der Waals surface area contributed by atoms with Crippen molar-refractivity contribution in [2.24, 2.45) is 0 Å². The van der Waals surface area contributed by atoms with Crippen molar-refractivity contribution in [1.82, 2.24) is 0 Å². The van der Waals surface area contributed by atoms with Crippen LogP contribution in [0.4, 0.5) is 30.2 Å². The van der Waals surface area contributed by atoms with Gasteiger partial charge in [0.25, 0.3) is 5.91 Å². The van der Waals surface area contributed by atoms with Gasteiger partial charge in [-0.2, -0.15) is 13.2 Å². The number of hydrogen-bond acceptors (Lipinski definition) is 6. The number of alkyl halides is 3. The molecule has 5 aromatic rings. The van der Waals surface area contributed by atoms with E-state index >= 15 is 0 Å². The fraction of sp³-hybridized carbons (Fsp3) is 0.103. The zero-order valence-corrected chi connectivity index (χ0v) is 20.5. The second-order valence-electron chi connectivity index (χ2n) is 8.52. The number of benzene rings is 4. The molecular weight excluding hydrogens is 513 g/mol. The summed E-state index contributed by atoms with van der Waals surface area (Å²) < 4.78 is 55.7. The van der Waals surface area contributed by atoms with E-state index in [1.165, 1.54) is 31.4 Å². The molecule has 39 heavy (non-hydrogen) atoms. The maximum Gasteiger partial charge on any atom is 0.416 e. The minimum Gasteiger partial charge on any atom is -0.495 e. The molecule has 0 saturated heterocycles. The number of rotatable bonds is 7. The highest BCUT2D eigenvalue weighted by Crippen LogP contribution is 2.36. The lowest BCUT2D eigenvalue weighted by molar-refractivity contribution is -0.137. The van der Waals surface area contributed by atoms with E-state index in [1.807, 2.05) is 24.3 Å². The summed E-state index contributed by atoms with van der Waals surface area (Å²) in [6, 6.07) is 21.6. The molecule has 0 atom stereocenters. The number of hydrogen-bond donors (Lipinski definition) is 2. The van der Waals surface area contributed by atoms with E-state index in [2.05, 4.69) is 10.6 Å². The summed E-state index contributed by atoms with van der Waals surface area (Å²) in [4.78, 5) is 25.4. The third-order valence-electron chi connectivity index (χ3n) is 5.92. The number of amides is 1. The van der Waals surface area contributed by atoms with Gasteiger partial charge in [-0.25, -0.2) is 4.79 Å². The Bertz CT molecular complexity index is 1690. The summed E-state index contributed by atoms with van der Waals surface area (Å²) >= 11 is 0. The van der Waals surface area contributed by atoms with Gasteiger partial charge in [-0.15, -0.1) is 0 Å². The molecule has 1 heterocycles. The van der Waals surface area contributed by atoms with Gasteiger partial charge in [0.1, 0.15) is 16.9 Å². The summed E-state index contributed by atoms with van der Waals surface area (Å²) in [6.45, 7) is -0.613. The highest BCUT2D eigenvalue weighted by atomic mass is 19.4. The summed E-state index contributed by atoms with van der Waals surface area (Å²) in [5, 5.41) is 7.18. The van der Waals surface area contributed by atoms with E-state index in [0.717, 1.165) is 22.9 Å². The monoisotopic (exact) mass is 534 g/mol. The number of furan rings is 1. The Morgan fingerprint density at radius 2 is 1.62 bits per heavy atom. The summed E-state index contributed by atoms with van der Waals surface area (Å²) in [5.74, 6) is -1.07. The van der Waals surface area contributed by atoms with Crippen molar-refractivity contribution in [3.05, 3.63) is 96.1 Å². The van der Waals surface area contributed by atoms with Gasteiger partial charge < -0.3 is 24.5 Å². The van der Waals surface area contributed by atoms with Crippen molar-refractivity contribution >= 4 is 50.9 Å². The second kappa shape index (κ2) is 10.4. The molecule has 0 saturated carbocycles. The fourth-order valence-electron chi connectivity index (χ4n) is 4.11. The Hall–Kier alpha value is -4.99. The first-order valence-corrected chi connectivity index (χ1v) is 11.7. The van der Waals surface area contributed by atoms with Crippen LogP contribution in [0.2, 0.25) is 0 Å². The molecule has 7 nitrogen and oxygen atoms in total. The Kier molecular flexibility index (Phi) is 6.84. The van der Waals surface area contributed by atoms with Crippen molar-refractivity contribution in [2.75, 3.05) is 24.4 Å². The Labute approximate surface area is 220 Å². The molecule has 1 amide bonds. The molecule has 0 aliphatic rings. The van der Waals surface area contributed by atoms with Crippen LogP contribution < -0.4 is 15.4 Å². The van der Waals surface area contributed by atoms with Gasteiger partial charge in [-0.05, 0) is 42.5 Å². The Morgan fingerprint density at radius 3 is 2.41 bits per heavy atom. The zero-order valence-electron chi connectivity index (χ0n) is 20.5. The number of halogens is 3. The van der Waals surface area contributed by atoms with Crippen LogP contribution in [0.15, 0.2) is 89.3 Å². The van der Waals surface area contributed by atoms with Crippen molar-refractivity contribution in [1.29, 1.82) is 0 Å². The molecule has 5 rings (SSSR count). The number of nitrogens with one attached hydrogen (secondary N) is 2. The van der Waals surface area contributed by atoms with E-state index in [4.69, 9.17) is 13.9 Å². The number of para-hydroxylation sites is 2. The predicted molar refractivity (Wildman–Crippen MR) is 140 cm³/mol. The molecule has 0 fully saturated rings. The molecule has 1 aromatic heterocycles. The van der Waals surface area contributed by atoms with E-state index in [0.29, 0.717) is 22.6 Å². The number of fused-ring (bicyclic) bond motifs is 3. The number of carbonyl (C=O) groups excluding carboxylic acids is 2. The number of ether oxygens (including phenoxy) is 2. The maximum atomic E-state index is 13.1. The minimum atomic E-state index is -4.51. The van der Waals surface area contributed by atoms with Crippen LogP contribution in [-0.4, -0.2) is 25.6 Å². The van der Waals surface area contributed by atoms with Crippen molar-refractivity contribution in [2.45, 2.75) is 6.18 Å². The lowest BCUT2D eigenvalue weighted by atomic mass is 10.1. The zero-order chi connectivity index (χ0) is 27.6. The Morgan fingerprint density at radius 1 is 0.846 bits per heavy atom. The third-order valence-corrected chi connectivity index (χ3v) is 5.92. The van der Waals surface area contributed by atoms with Gasteiger partial charge in [0, 0.05) is 22.5 Å². The highest BCUT2D eigenvalue weighted by molar-refractivity contribution is 6.08. The van der Waals surface area contributed by atoms with Crippen LogP contribution in [-0.2, 0) is 15.7 Å². The molecule has 0 bridgehead atoms. The van der Waals surface area contributed by atoms with Gasteiger partial charge in [-0.1, -0.05) is 36.4 Å². The van der Waals surface area contributed by atoms with Gasteiger partial charge in [0.2, 0.25) is 0 Å². The van der Waals surface area contributed by atoms with E-state index in [1.54, 1.807) is 24.3 Å². The smallest absolute Gasteiger partial charge is 0.416 e. The van der Waals surface area contributed by atoms with Crippen molar-refractivity contribution in [3.63, 3.8) is 0 Å². The largest absolute Gasteiger partial charge is 0.495 e. The molecule has 0 spiro atoms. The summed E-state index contributed by atoms with van der Waals surface area (Å²) in [7, 11) is 1.47. The lowest BCUT2D eigenvalue weighted by Gasteiger charge is -2.14. The van der Waals surface area contributed by atoms with Crippen LogP contribution in [0.3, 0.4) is 0 Å². The topological polar surface area (TPSA) is 89.8 Å². The minimum absolute atomic E-state index is 0.0454. The standard InChI is InChI=1S/C29H21F3N2O5/c1-37-26-14-21-19-9-3-5-12-24(19)39-25(21)15-23(26)34-27(35)16-38-28(36)20-10-2-4-11-22(20)33-18-8-6-7-17(13-18)29(30,31)32/h2-15,33H,16H2,1H3,(H,34,35). The van der Waals surface area contributed by atoms with Crippen LogP contribution in [0.25, 0.3) is 21.9 Å². The van der Waals surface area contributed by atoms with Crippen molar-refractivity contribution < 1.29 is 36.7 Å². The van der Waals surface area contributed by atoms with Crippen molar-refractivity contribution in [3.8, 4) is 5.75 Å². The first-order valence-electron chi connectivity index (χ1n) is 11.7. The van der Waals surface area contributed by atoms with Gasteiger partial charge >= 0.3 is 12.1 Å². The van der Waals surface area contributed by atoms with Crippen LogP contribution >= 0.6 is 0 Å². The average Bonchev–Trinajstić information content (AvgIpc) is 3.28. The SMILES string of the molecule is COc1cc2c(cc1NC(=O)COC(=O)c1ccccc1Nc1cccc(C(F)(F)F)c1)oc1ccccc12. The average molecular weight is 534 g/mol. The first-order chi connectivity index (χ1) is 18.7. The number of carbonyl (C=O) groups is 2. The van der Waals surface area contributed by atoms with Crippen LogP contribution in [0.1, 0.15) is 15.9 Å². The first kappa shape index (κ1) is 25.7. The summed E-state index contributed by atoms with van der Waals surface area (Å²) in [5.41, 5.74) is 1.12. The normalized spacial score (nSPS) is 11.4.